The van der Waals surface area contributed by atoms with Crippen LogP contribution in [-0.2, 0) is 55.4 Å². The van der Waals surface area contributed by atoms with E-state index in [1.165, 1.54) is 0 Å². The Balaban J connectivity index is 1.83. The van der Waals surface area contributed by atoms with E-state index in [0.29, 0.717) is 12.1 Å². The van der Waals surface area contributed by atoms with Gasteiger partial charge < -0.3 is 16.2 Å². The van der Waals surface area contributed by atoms with Gasteiger partial charge in [0.05, 0.1) is 11.1 Å². The maximum atomic E-state index is 12.5. The highest BCUT2D eigenvalue weighted by molar-refractivity contribution is 7.87. The van der Waals surface area contributed by atoms with Crippen molar-refractivity contribution in [3.8, 4) is 5.75 Å². The lowest BCUT2D eigenvalue weighted by molar-refractivity contribution is -0.114. The number of hydrogen-bond acceptors (Lipinski definition) is 17. The molecule has 0 aliphatic rings. The molecule has 0 aliphatic carbocycles. The monoisotopic (exact) mass is 874 g/mol. The first kappa shape index (κ1) is 41.6. The van der Waals surface area contributed by atoms with Crippen molar-refractivity contribution < 1.29 is 74.8 Å². The third-order valence-electron chi connectivity index (χ3n) is 7.43. The molecule has 1 amide bonds. The van der Waals surface area contributed by atoms with E-state index >= 15 is 0 Å². The molecule has 0 spiro atoms. The number of nitrogens with two attached hydrogens (primary N) is 1. The second-order valence-electron chi connectivity index (χ2n) is 11.2. The van der Waals surface area contributed by atoms with Crippen LogP contribution in [0.5, 0.6) is 5.75 Å². The number of fused-ring (bicyclic) bond motifs is 2. The SMILES string of the molecule is CC(=O)Nc1ccc(S(=O)(=O)O)c(N=Nc2c(S(=O)(=O)O)cc3cc(S(=O)(=O)O)c(N=Nc4ccc5c(S(=O)(=O)O)cccc5c4S(=O)(=O)O)c(O)c3c2N)c1. The zero-order chi connectivity index (χ0) is 41.9. The zero-order valence-corrected chi connectivity index (χ0v) is 31.4. The summed E-state index contributed by atoms with van der Waals surface area (Å²) in [7, 11) is -26.2. The number of anilines is 2. The average Bonchev–Trinajstić information content (AvgIpc) is 3.03. The van der Waals surface area contributed by atoms with E-state index in [1.807, 2.05) is 0 Å². The van der Waals surface area contributed by atoms with Crippen molar-refractivity contribution in [2.45, 2.75) is 31.4 Å². The second-order valence-corrected chi connectivity index (χ2v) is 18.1. The van der Waals surface area contributed by atoms with Crippen molar-refractivity contribution in [2.75, 3.05) is 11.1 Å². The summed E-state index contributed by atoms with van der Waals surface area (Å²) in [5, 5.41) is 25.6. The summed E-state index contributed by atoms with van der Waals surface area (Å²) in [6, 6.07) is 8.29. The highest BCUT2D eigenvalue weighted by atomic mass is 32.2. The molecular formula is C28H22N6O17S5. The molecule has 9 N–H and O–H groups in total. The van der Waals surface area contributed by atoms with E-state index in [4.69, 9.17) is 5.73 Å². The number of nitrogen functional groups attached to an aromatic ring is 1. The summed E-state index contributed by atoms with van der Waals surface area (Å²) in [6.07, 6.45) is 0. The largest absolute Gasteiger partial charge is 0.505 e. The van der Waals surface area contributed by atoms with Crippen LogP contribution in [0.1, 0.15) is 6.92 Å². The van der Waals surface area contributed by atoms with Gasteiger partial charge in [0.2, 0.25) is 5.91 Å². The second kappa shape index (κ2) is 14.2. The van der Waals surface area contributed by atoms with Gasteiger partial charge in [-0.25, -0.2) is 0 Å². The van der Waals surface area contributed by atoms with E-state index in [1.54, 1.807) is 0 Å². The van der Waals surface area contributed by atoms with Crippen molar-refractivity contribution in [1.82, 2.24) is 0 Å². The number of amides is 1. The molecule has 296 valence electrons. The summed E-state index contributed by atoms with van der Waals surface area (Å²) in [5.74, 6) is -1.96. The molecule has 0 bridgehead atoms. The Bertz CT molecular complexity index is 3190. The highest BCUT2D eigenvalue weighted by Gasteiger charge is 2.29. The number of nitrogens with zero attached hydrogens (tertiary/aromatic N) is 4. The van der Waals surface area contributed by atoms with E-state index in [0.717, 1.165) is 55.5 Å². The van der Waals surface area contributed by atoms with Crippen molar-refractivity contribution in [3.63, 3.8) is 0 Å². The van der Waals surface area contributed by atoms with Crippen molar-refractivity contribution in [1.29, 1.82) is 0 Å². The minimum absolute atomic E-state index is 0.0897. The van der Waals surface area contributed by atoms with Gasteiger partial charge in [-0.1, -0.05) is 18.2 Å². The quantitative estimate of drug-likeness (QED) is 0.0550. The molecule has 23 nitrogen and oxygen atoms in total. The molecule has 0 aromatic heterocycles. The van der Waals surface area contributed by atoms with Gasteiger partial charge >= 0.3 is 0 Å². The summed E-state index contributed by atoms with van der Waals surface area (Å²) in [4.78, 5) is 6.16. The summed E-state index contributed by atoms with van der Waals surface area (Å²) < 4.78 is 172. The van der Waals surface area contributed by atoms with Gasteiger partial charge in [-0.05, 0) is 47.9 Å². The number of nitrogens with one attached hydrogen (secondary N) is 1. The van der Waals surface area contributed by atoms with Crippen LogP contribution in [0.25, 0.3) is 21.5 Å². The molecule has 0 unspecified atom stereocenters. The van der Waals surface area contributed by atoms with Gasteiger partial charge in [0.15, 0.2) is 5.75 Å². The first-order chi connectivity index (χ1) is 25.6. The van der Waals surface area contributed by atoms with E-state index < -0.39 is 137 Å². The summed E-state index contributed by atoms with van der Waals surface area (Å²) >= 11 is 0. The predicted molar refractivity (Wildman–Crippen MR) is 192 cm³/mol. The van der Waals surface area contributed by atoms with Crippen LogP contribution in [0.15, 0.2) is 106 Å². The molecule has 5 rings (SSSR count). The maximum Gasteiger partial charge on any atom is 0.297 e. The number of carbonyl (C=O) groups is 1. The van der Waals surface area contributed by atoms with Gasteiger partial charge in [0, 0.05) is 23.4 Å². The van der Waals surface area contributed by atoms with Gasteiger partial charge in [-0.15, -0.1) is 20.5 Å². The lowest BCUT2D eigenvalue weighted by atomic mass is 10.1. The molecule has 0 fully saturated rings. The third kappa shape index (κ3) is 8.32. The number of aromatic hydroxyl groups is 1. The van der Waals surface area contributed by atoms with Crippen LogP contribution in [0.4, 0.5) is 34.1 Å². The van der Waals surface area contributed by atoms with Gasteiger partial charge in [0.1, 0.15) is 47.2 Å². The van der Waals surface area contributed by atoms with Crippen LogP contribution in [0.2, 0.25) is 0 Å². The number of phenolic OH excluding ortho intramolecular Hbond substituents is 1. The number of carbonyl (C=O) groups excluding carboxylic acids is 1. The standard InChI is InChI=1S/C28H22N6O17S5/c1-12(35)30-14-5-8-20(53(40,41)42)18(11-14)32-33-25-21(54(43,44)45)9-13-10-22(55(46,47)48)26(27(36)23(13)24(25)29)34-31-17-7-6-15-16(28(17)56(49,50)51)3-2-4-19(15)52(37,38)39/h2-11,36H,29H2,1H3,(H,30,35)(H,37,38,39)(H,40,41,42)(H,43,44,45)(H,46,47,48)(H,49,50,51). The normalized spacial score (nSPS) is 13.2. The predicted octanol–water partition coefficient (Wildman–Crippen LogP) is 4.30. The van der Waals surface area contributed by atoms with E-state index in [2.05, 4.69) is 25.8 Å². The van der Waals surface area contributed by atoms with Crippen LogP contribution in [0, 0.1) is 0 Å². The minimum Gasteiger partial charge on any atom is -0.505 e. The molecular weight excluding hydrogens is 853 g/mol. The van der Waals surface area contributed by atoms with Gasteiger partial charge in [0.25, 0.3) is 50.6 Å². The summed E-state index contributed by atoms with van der Waals surface area (Å²) in [5.41, 5.74) is 1.32. The van der Waals surface area contributed by atoms with Gasteiger partial charge in [-0.3, -0.25) is 27.6 Å². The lowest BCUT2D eigenvalue weighted by Crippen LogP contribution is -2.06. The molecule has 0 aliphatic heterocycles. The minimum atomic E-state index is -5.48. The number of benzene rings is 5. The first-order valence-corrected chi connectivity index (χ1v) is 21.6. The van der Waals surface area contributed by atoms with Crippen LogP contribution >= 0.6 is 0 Å². The van der Waals surface area contributed by atoms with Crippen LogP contribution in [0.3, 0.4) is 0 Å². The summed E-state index contributed by atoms with van der Waals surface area (Å²) in [6.45, 7) is 1.09. The molecule has 0 heterocycles. The maximum absolute atomic E-state index is 12.5. The van der Waals surface area contributed by atoms with Crippen molar-refractivity contribution >= 4 is 112 Å². The van der Waals surface area contributed by atoms with Crippen molar-refractivity contribution in [3.05, 3.63) is 60.7 Å². The zero-order valence-electron chi connectivity index (χ0n) is 27.4. The lowest BCUT2D eigenvalue weighted by Gasteiger charge is -2.14. The average molecular weight is 875 g/mol. The molecule has 28 heteroatoms. The Hall–Kier alpha value is -5.56. The fraction of sp³-hybridized carbons (Fsp3) is 0.0357. The topological polar surface area (TPSA) is 397 Å². The fourth-order valence-corrected chi connectivity index (χ4v) is 8.74. The highest BCUT2D eigenvalue weighted by Crippen LogP contribution is 2.49. The van der Waals surface area contributed by atoms with Crippen molar-refractivity contribution in [2.24, 2.45) is 20.5 Å². The Morgan fingerprint density at radius 1 is 0.589 bits per heavy atom. The Morgan fingerprint density at radius 3 is 1.66 bits per heavy atom. The smallest absolute Gasteiger partial charge is 0.297 e. The molecule has 5 aromatic rings. The van der Waals surface area contributed by atoms with Crippen LogP contribution in [-0.4, -0.2) is 75.9 Å². The number of rotatable bonds is 10. The number of phenols is 1. The first-order valence-electron chi connectivity index (χ1n) is 14.4. The molecule has 0 saturated heterocycles. The molecule has 0 saturated carbocycles. The fourth-order valence-electron chi connectivity index (χ4n) is 5.27. The van der Waals surface area contributed by atoms with E-state index in [-0.39, 0.29) is 5.69 Å². The van der Waals surface area contributed by atoms with Crippen LogP contribution < -0.4 is 11.1 Å². The number of hydrogen-bond donors (Lipinski definition) is 8. The number of azo groups is 2. The molecule has 56 heavy (non-hydrogen) atoms. The molecule has 5 aromatic carbocycles. The Morgan fingerprint density at radius 2 is 1.12 bits per heavy atom. The molecule has 0 atom stereocenters. The third-order valence-corrected chi connectivity index (χ3v) is 11.9. The van der Waals surface area contributed by atoms with E-state index in [9.17, 15) is 74.8 Å². The Kier molecular flexibility index (Phi) is 10.5. The van der Waals surface area contributed by atoms with Gasteiger partial charge in [-0.2, -0.15) is 42.1 Å². The Labute approximate surface area is 315 Å². The molecule has 0 radical (unpaired) electrons.